The highest BCUT2D eigenvalue weighted by Gasteiger charge is 2.20. The molecule has 1 aromatic rings. The molecule has 1 atom stereocenters. The highest BCUT2D eigenvalue weighted by Crippen LogP contribution is 2.27. The predicted octanol–water partition coefficient (Wildman–Crippen LogP) is 3.00. The molecule has 0 bridgehead atoms. The van der Waals surface area contributed by atoms with Crippen LogP contribution in [-0.4, -0.2) is 7.11 Å². The highest BCUT2D eigenvalue weighted by atomic mass is 16.5. The van der Waals surface area contributed by atoms with E-state index < -0.39 is 0 Å². The third-order valence-electron chi connectivity index (χ3n) is 2.75. The van der Waals surface area contributed by atoms with E-state index in [1.54, 1.807) is 7.11 Å². The number of terminal acetylenes is 1. The van der Waals surface area contributed by atoms with E-state index in [9.17, 15) is 0 Å². The molecule has 1 aromatic carbocycles. The lowest BCUT2D eigenvalue weighted by Crippen LogP contribution is -2.17. The molecule has 74 valence electrons. The lowest BCUT2D eigenvalue weighted by atomic mass is 9.81. The molecule has 0 saturated heterocycles. The number of methoxy groups -OCH3 is 1. The average Bonchev–Trinajstić information content (AvgIpc) is 2.28. The summed E-state index contributed by atoms with van der Waals surface area (Å²) in [6, 6.07) is 7.95. The Labute approximate surface area is 86.1 Å². The summed E-state index contributed by atoms with van der Waals surface area (Å²) in [7, 11) is 1.66. The summed E-state index contributed by atoms with van der Waals surface area (Å²) in [5.41, 5.74) is 1.01. The zero-order chi connectivity index (χ0) is 10.6. The van der Waals surface area contributed by atoms with Gasteiger partial charge in [0.1, 0.15) is 5.75 Å². The van der Waals surface area contributed by atoms with Crippen LogP contribution in [0.5, 0.6) is 5.75 Å². The number of hydrogen-bond acceptors (Lipinski definition) is 1. The maximum Gasteiger partial charge on any atom is 0.118 e. The second-order valence-corrected chi connectivity index (χ2v) is 3.56. The van der Waals surface area contributed by atoms with Gasteiger partial charge in [-0.1, -0.05) is 25.0 Å². The van der Waals surface area contributed by atoms with Crippen molar-refractivity contribution < 1.29 is 4.74 Å². The van der Waals surface area contributed by atoms with Crippen molar-refractivity contribution in [1.82, 2.24) is 0 Å². The lowest BCUT2D eigenvalue weighted by molar-refractivity contribution is 0.414. The molecule has 0 aliphatic rings. The molecule has 0 aliphatic heterocycles. The SMILES string of the molecule is C#CC(C)(CC)c1ccc(OC)cc1. The van der Waals surface area contributed by atoms with Crippen molar-refractivity contribution in [2.45, 2.75) is 25.7 Å². The first kappa shape index (κ1) is 10.7. The molecular formula is C13H16O. The molecule has 0 aliphatic carbocycles. The van der Waals surface area contributed by atoms with Crippen molar-refractivity contribution in [2.24, 2.45) is 0 Å². The summed E-state index contributed by atoms with van der Waals surface area (Å²) in [6.07, 6.45) is 6.48. The van der Waals surface area contributed by atoms with Crippen molar-refractivity contribution in [1.29, 1.82) is 0 Å². The van der Waals surface area contributed by atoms with Crippen LogP contribution >= 0.6 is 0 Å². The number of rotatable bonds is 3. The van der Waals surface area contributed by atoms with Gasteiger partial charge >= 0.3 is 0 Å². The molecule has 14 heavy (non-hydrogen) atoms. The van der Waals surface area contributed by atoms with Gasteiger partial charge in [0.15, 0.2) is 0 Å². The Hall–Kier alpha value is -1.42. The first-order chi connectivity index (χ1) is 6.66. The van der Waals surface area contributed by atoms with Crippen molar-refractivity contribution in [2.75, 3.05) is 7.11 Å². The van der Waals surface area contributed by atoms with E-state index in [1.165, 1.54) is 5.56 Å². The van der Waals surface area contributed by atoms with Crippen LogP contribution in [0.2, 0.25) is 0 Å². The minimum absolute atomic E-state index is 0.160. The summed E-state index contributed by atoms with van der Waals surface area (Å²) in [5, 5.41) is 0. The minimum atomic E-state index is -0.160. The van der Waals surface area contributed by atoms with Gasteiger partial charge in [0.25, 0.3) is 0 Å². The number of benzene rings is 1. The van der Waals surface area contributed by atoms with Crippen molar-refractivity contribution in [3.63, 3.8) is 0 Å². The zero-order valence-electron chi connectivity index (χ0n) is 9.00. The van der Waals surface area contributed by atoms with E-state index in [4.69, 9.17) is 11.2 Å². The van der Waals surface area contributed by atoms with Gasteiger partial charge in [0.05, 0.1) is 12.5 Å². The predicted molar refractivity (Wildman–Crippen MR) is 59.5 cm³/mol. The fourth-order valence-electron chi connectivity index (χ4n) is 1.35. The van der Waals surface area contributed by atoms with Gasteiger partial charge in [-0.3, -0.25) is 0 Å². The Kier molecular flexibility index (Phi) is 3.19. The summed E-state index contributed by atoms with van der Waals surface area (Å²) < 4.78 is 5.10. The third kappa shape index (κ3) is 1.90. The van der Waals surface area contributed by atoms with Gasteiger partial charge in [-0.15, -0.1) is 6.42 Å². The van der Waals surface area contributed by atoms with E-state index in [2.05, 4.69) is 19.8 Å². The third-order valence-corrected chi connectivity index (χ3v) is 2.75. The van der Waals surface area contributed by atoms with Gasteiger partial charge < -0.3 is 4.74 Å². The molecule has 0 saturated carbocycles. The molecule has 0 aromatic heterocycles. The molecule has 0 N–H and O–H groups in total. The Balaban J connectivity index is 3.03. The van der Waals surface area contributed by atoms with Crippen molar-refractivity contribution in [3.05, 3.63) is 29.8 Å². The largest absolute Gasteiger partial charge is 0.497 e. The van der Waals surface area contributed by atoms with Gasteiger partial charge in [-0.05, 0) is 31.0 Å². The van der Waals surface area contributed by atoms with E-state index in [0.29, 0.717) is 0 Å². The zero-order valence-corrected chi connectivity index (χ0v) is 9.00. The van der Waals surface area contributed by atoms with Crippen molar-refractivity contribution >= 4 is 0 Å². The maximum absolute atomic E-state index is 5.54. The van der Waals surface area contributed by atoms with Gasteiger partial charge in [0, 0.05) is 0 Å². The van der Waals surface area contributed by atoms with Gasteiger partial charge in [0.2, 0.25) is 0 Å². The molecule has 1 rings (SSSR count). The highest BCUT2D eigenvalue weighted by molar-refractivity contribution is 5.36. The molecular weight excluding hydrogens is 172 g/mol. The van der Waals surface area contributed by atoms with Crippen LogP contribution < -0.4 is 4.74 Å². The van der Waals surface area contributed by atoms with Crippen LogP contribution in [-0.2, 0) is 5.41 Å². The van der Waals surface area contributed by atoms with Crippen LogP contribution in [0.25, 0.3) is 0 Å². The average molecular weight is 188 g/mol. The van der Waals surface area contributed by atoms with E-state index in [-0.39, 0.29) is 5.41 Å². The van der Waals surface area contributed by atoms with Crippen LogP contribution in [0.1, 0.15) is 25.8 Å². The second kappa shape index (κ2) is 4.19. The minimum Gasteiger partial charge on any atom is -0.497 e. The first-order valence-corrected chi connectivity index (χ1v) is 4.78. The quantitative estimate of drug-likeness (QED) is 0.662. The molecule has 0 spiro atoms. The molecule has 1 nitrogen and oxygen atoms in total. The fraction of sp³-hybridized carbons (Fsp3) is 0.385. The first-order valence-electron chi connectivity index (χ1n) is 4.78. The summed E-state index contributed by atoms with van der Waals surface area (Å²) in [5.74, 6) is 3.71. The topological polar surface area (TPSA) is 9.23 Å². The Bertz CT molecular complexity index is 331. The number of hydrogen-bond donors (Lipinski definition) is 0. The molecule has 0 radical (unpaired) electrons. The van der Waals surface area contributed by atoms with E-state index >= 15 is 0 Å². The Morgan fingerprint density at radius 3 is 2.29 bits per heavy atom. The van der Waals surface area contributed by atoms with Crippen molar-refractivity contribution in [3.8, 4) is 18.1 Å². The molecule has 0 heterocycles. The van der Waals surface area contributed by atoms with Crippen LogP contribution in [0.15, 0.2) is 24.3 Å². The molecule has 0 fully saturated rings. The maximum atomic E-state index is 5.54. The van der Waals surface area contributed by atoms with Crippen LogP contribution in [0, 0.1) is 12.3 Å². The smallest absolute Gasteiger partial charge is 0.118 e. The fourth-order valence-corrected chi connectivity index (χ4v) is 1.35. The Morgan fingerprint density at radius 2 is 1.93 bits per heavy atom. The van der Waals surface area contributed by atoms with Gasteiger partial charge in [-0.2, -0.15) is 0 Å². The lowest BCUT2D eigenvalue weighted by Gasteiger charge is -2.22. The summed E-state index contributed by atoms with van der Waals surface area (Å²) >= 11 is 0. The summed E-state index contributed by atoms with van der Waals surface area (Å²) in [4.78, 5) is 0. The standard InChI is InChI=1S/C13H16O/c1-5-13(3,6-2)11-7-9-12(14-4)10-8-11/h1,7-10H,6H2,2-4H3. The number of ether oxygens (including phenoxy) is 1. The molecule has 1 heteroatoms. The van der Waals surface area contributed by atoms with E-state index in [0.717, 1.165) is 12.2 Å². The summed E-state index contributed by atoms with van der Waals surface area (Å²) in [6.45, 7) is 4.18. The second-order valence-electron chi connectivity index (χ2n) is 3.56. The monoisotopic (exact) mass is 188 g/mol. The van der Waals surface area contributed by atoms with E-state index in [1.807, 2.05) is 24.3 Å². The van der Waals surface area contributed by atoms with Crippen LogP contribution in [0.3, 0.4) is 0 Å². The Morgan fingerprint density at radius 1 is 1.36 bits per heavy atom. The van der Waals surface area contributed by atoms with Crippen LogP contribution in [0.4, 0.5) is 0 Å². The molecule has 1 unspecified atom stereocenters. The normalized spacial score (nSPS) is 14.1. The molecule has 0 amide bonds. The van der Waals surface area contributed by atoms with Gasteiger partial charge in [-0.25, -0.2) is 0 Å².